The van der Waals surface area contributed by atoms with E-state index in [4.69, 9.17) is 0 Å². The Morgan fingerprint density at radius 3 is 2.53 bits per heavy atom. The van der Waals surface area contributed by atoms with Crippen LogP contribution in [-0.4, -0.2) is 81.6 Å². The molecule has 11 heteroatoms. The van der Waals surface area contributed by atoms with E-state index in [9.17, 15) is 26.4 Å². The third-order valence-corrected chi connectivity index (χ3v) is 9.05. The predicted octanol–water partition coefficient (Wildman–Crippen LogP) is 0.237. The summed E-state index contributed by atoms with van der Waals surface area (Å²) in [6.07, 6.45) is 2.00. The maximum atomic E-state index is 12.9. The molecule has 3 rings (SSSR count). The minimum atomic E-state index is -3.65. The van der Waals surface area contributed by atoms with Crippen molar-refractivity contribution >= 4 is 31.7 Å². The van der Waals surface area contributed by atoms with Gasteiger partial charge in [-0.25, -0.2) is 16.8 Å². The highest BCUT2D eigenvalue weighted by atomic mass is 32.2. The van der Waals surface area contributed by atoms with Gasteiger partial charge < -0.3 is 10.2 Å². The van der Waals surface area contributed by atoms with Gasteiger partial charge in [0.25, 0.3) is 5.91 Å². The fourth-order valence-corrected chi connectivity index (χ4v) is 6.97. The molecular weight excluding hydrogens is 430 g/mol. The van der Waals surface area contributed by atoms with E-state index in [0.717, 1.165) is 12.8 Å². The van der Waals surface area contributed by atoms with Gasteiger partial charge in [-0.1, -0.05) is 6.07 Å². The zero-order chi connectivity index (χ0) is 21.9. The summed E-state index contributed by atoms with van der Waals surface area (Å²) in [5.74, 6) is -0.930. The number of sulfone groups is 1. The molecule has 2 fully saturated rings. The lowest BCUT2D eigenvalue weighted by molar-refractivity contribution is -0.122. The summed E-state index contributed by atoms with van der Waals surface area (Å²) in [4.78, 5) is 26.6. The van der Waals surface area contributed by atoms with Crippen LogP contribution in [0.1, 0.15) is 36.5 Å². The average Bonchev–Trinajstić information content (AvgIpc) is 3.36. The molecule has 2 amide bonds. The Balaban J connectivity index is 1.69. The van der Waals surface area contributed by atoms with E-state index < -0.39 is 37.7 Å². The topological polar surface area (TPSA) is 121 Å². The van der Waals surface area contributed by atoms with Crippen LogP contribution in [0.2, 0.25) is 0 Å². The zero-order valence-electron chi connectivity index (χ0n) is 16.9. The number of carbonyl (C=O) groups excluding carboxylic acids is 2. The first-order valence-corrected chi connectivity index (χ1v) is 13.3. The lowest BCUT2D eigenvalue weighted by Gasteiger charge is -2.22. The molecule has 1 atom stereocenters. The molecule has 1 aromatic carbocycles. The van der Waals surface area contributed by atoms with Crippen molar-refractivity contribution in [3.05, 3.63) is 29.8 Å². The molecule has 2 saturated heterocycles. The summed E-state index contributed by atoms with van der Waals surface area (Å²) in [5.41, 5.74) is 0.188. The van der Waals surface area contributed by atoms with Crippen molar-refractivity contribution in [1.82, 2.24) is 14.5 Å². The van der Waals surface area contributed by atoms with Crippen molar-refractivity contribution in [2.75, 3.05) is 37.7 Å². The Kier molecular flexibility index (Phi) is 6.83. The number of nitrogens with zero attached hydrogens (tertiary/aromatic N) is 2. The van der Waals surface area contributed by atoms with Crippen LogP contribution in [0, 0.1) is 0 Å². The summed E-state index contributed by atoms with van der Waals surface area (Å²) in [5, 5.41) is 2.66. The van der Waals surface area contributed by atoms with E-state index >= 15 is 0 Å². The average molecular weight is 458 g/mol. The van der Waals surface area contributed by atoms with Gasteiger partial charge in [0.2, 0.25) is 15.9 Å². The minimum Gasteiger partial charge on any atom is -0.351 e. The summed E-state index contributed by atoms with van der Waals surface area (Å²) < 4.78 is 50.0. The second-order valence-corrected chi connectivity index (χ2v) is 11.8. The Bertz CT molecular complexity index is 1020. The molecule has 1 unspecified atom stereocenters. The fraction of sp³-hybridized carbons (Fsp3) is 0.579. The summed E-state index contributed by atoms with van der Waals surface area (Å²) in [6, 6.07) is 5.42. The Morgan fingerprint density at radius 2 is 1.93 bits per heavy atom. The van der Waals surface area contributed by atoms with Crippen LogP contribution in [0.3, 0.4) is 0 Å². The third kappa shape index (κ3) is 5.19. The van der Waals surface area contributed by atoms with Gasteiger partial charge in [0.15, 0.2) is 9.84 Å². The highest BCUT2D eigenvalue weighted by Gasteiger charge is 2.30. The van der Waals surface area contributed by atoms with E-state index in [1.807, 2.05) is 0 Å². The number of nitrogens with one attached hydrogen (secondary N) is 1. The molecule has 30 heavy (non-hydrogen) atoms. The van der Waals surface area contributed by atoms with Gasteiger partial charge in [0.05, 0.1) is 22.9 Å². The molecule has 0 bridgehead atoms. The maximum Gasteiger partial charge on any atom is 0.254 e. The second-order valence-electron chi connectivity index (χ2n) is 7.63. The molecule has 2 heterocycles. The largest absolute Gasteiger partial charge is 0.351 e. The molecule has 1 aromatic rings. The fourth-order valence-electron chi connectivity index (χ4n) is 3.73. The molecule has 0 aliphatic carbocycles. The standard InChI is InChI=1S/C19H27N3O6S2/c1-2-21(13-18(23)20-16-8-11-29(25,26)14-16)19(24)15-6-5-7-17(12-15)30(27,28)22-9-3-4-10-22/h5-7,12,16H,2-4,8-11,13-14H2,1H3,(H,20,23). The molecule has 0 radical (unpaired) electrons. The van der Waals surface area contributed by atoms with E-state index in [1.54, 1.807) is 6.92 Å². The van der Waals surface area contributed by atoms with Crippen molar-refractivity contribution in [3.8, 4) is 0 Å². The zero-order valence-corrected chi connectivity index (χ0v) is 18.5. The lowest BCUT2D eigenvalue weighted by atomic mass is 10.2. The number of hydrogen-bond donors (Lipinski definition) is 1. The molecule has 166 valence electrons. The van der Waals surface area contributed by atoms with Crippen LogP contribution in [0.15, 0.2) is 29.2 Å². The summed E-state index contributed by atoms with van der Waals surface area (Å²) >= 11 is 0. The number of benzene rings is 1. The molecule has 0 spiro atoms. The quantitative estimate of drug-likeness (QED) is 0.626. The highest BCUT2D eigenvalue weighted by Crippen LogP contribution is 2.22. The van der Waals surface area contributed by atoms with Crippen molar-refractivity contribution in [1.29, 1.82) is 0 Å². The van der Waals surface area contributed by atoms with Gasteiger partial charge in [0, 0.05) is 31.2 Å². The predicted molar refractivity (Wildman–Crippen MR) is 111 cm³/mol. The van der Waals surface area contributed by atoms with Crippen LogP contribution in [0.4, 0.5) is 0 Å². The monoisotopic (exact) mass is 457 g/mol. The van der Waals surface area contributed by atoms with Crippen molar-refractivity contribution < 1.29 is 26.4 Å². The molecule has 0 saturated carbocycles. The molecule has 9 nitrogen and oxygen atoms in total. The van der Waals surface area contributed by atoms with Crippen molar-refractivity contribution in [2.45, 2.75) is 37.1 Å². The van der Waals surface area contributed by atoms with Crippen LogP contribution < -0.4 is 5.32 Å². The third-order valence-electron chi connectivity index (χ3n) is 5.38. The SMILES string of the molecule is CCN(CC(=O)NC1CCS(=O)(=O)C1)C(=O)c1cccc(S(=O)(=O)N2CCCC2)c1. The first kappa shape index (κ1) is 22.7. The van der Waals surface area contributed by atoms with E-state index in [0.29, 0.717) is 19.5 Å². The number of hydrogen-bond acceptors (Lipinski definition) is 6. The van der Waals surface area contributed by atoms with Gasteiger partial charge in [-0.3, -0.25) is 9.59 Å². The number of rotatable bonds is 7. The Morgan fingerprint density at radius 1 is 1.23 bits per heavy atom. The van der Waals surface area contributed by atoms with Gasteiger partial charge in [-0.2, -0.15) is 4.31 Å². The molecule has 2 aliphatic rings. The molecule has 2 aliphatic heterocycles. The van der Waals surface area contributed by atoms with Crippen LogP contribution in [0.5, 0.6) is 0 Å². The Hall–Kier alpha value is -1.98. The number of carbonyl (C=O) groups is 2. The van der Waals surface area contributed by atoms with Gasteiger partial charge in [-0.05, 0) is 44.4 Å². The maximum absolute atomic E-state index is 12.9. The van der Waals surface area contributed by atoms with Gasteiger partial charge >= 0.3 is 0 Å². The van der Waals surface area contributed by atoms with Crippen molar-refractivity contribution in [2.24, 2.45) is 0 Å². The first-order valence-electron chi connectivity index (χ1n) is 10.0. The van der Waals surface area contributed by atoms with Crippen LogP contribution in [0.25, 0.3) is 0 Å². The van der Waals surface area contributed by atoms with E-state index in [2.05, 4.69) is 5.32 Å². The second kappa shape index (κ2) is 9.03. The number of sulfonamides is 1. The molecule has 1 N–H and O–H groups in total. The van der Waals surface area contributed by atoms with Gasteiger partial charge in [0.1, 0.15) is 0 Å². The van der Waals surface area contributed by atoms with Crippen molar-refractivity contribution in [3.63, 3.8) is 0 Å². The van der Waals surface area contributed by atoms with Gasteiger partial charge in [-0.15, -0.1) is 0 Å². The minimum absolute atomic E-state index is 0.0483. The number of likely N-dealkylation sites (N-methyl/N-ethyl adjacent to an activating group) is 1. The van der Waals surface area contributed by atoms with Crippen LogP contribution in [-0.2, 0) is 24.7 Å². The summed E-state index contributed by atoms with van der Waals surface area (Å²) in [6.45, 7) is 2.68. The molecule has 0 aromatic heterocycles. The highest BCUT2D eigenvalue weighted by molar-refractivity contribution is 7.91. The molecular formula is C19H27N3O6S2. The lowest BCUT2D eigenvalue weighted by Crippen LogP contribution is -2.44. The van der Waals surface area contributed by atoms with Crippen LogP contribution >= 0.6 is 0 Å². The smallest absolute Gasteiger partial charge is 0.254 e. The van der Waals surface area contributed by atoms with E-state index in [1.165, 1.54) is 33.5 Å². The van der Waals surface area contributed by atoms with E-state index in [-0.39, 0.29) is 35.1 Å². The normalized spacial score (nSPS) is 21.4. The Labute approximate surface area is 177 Å². The summed E-state index contributed by atoms with van der Waals surface area (Å²) in [7, 11) is -6.77. The first-order chi connectivity index (χ1) is 14.1. The number of amides is 2.